The Kier molecular flexibility index (Phi) is 8.74. The van der Waals surface area contributed by atoms with Crippen LogP contribution in [-0.4, -0.2) is 50.1 Å². The Morgan fingerprint density at radius 3 is 2.67 bits per heavy atom. The van der Waals surface area contributed by atoms with Gasteiger partial charge >= 0.3 is 0 Å². The number of aliphatic imine (C=N–C) groups is 1. The highest BCUT2D eigenvalue weighted by Gasteiger charge is 2.15. The molecule has 0 amide bonds. The van der Waals surface area contributed by atoms with Crippen LogP contribution in [-0.2, 0) is 0 Å². The summed E-state index contributed by atoms with van der Waals surface area (Å²) < 4.78 is 0. The van der Waals surface area contributed by atoms with Crippen molar-refractivity contribution in [3.63, 3.8) is 0 Å². The number of piperidine rings is 1. The number of nitrogens with one attached hydrogen (secondary N) is 2. The third-order valence-electron chi connectivity index (χ3n) is 4.52. The van der Waals surface area contributed by atoms with Gasteiger partial charge < -0.3 is 15.5 Å². The third kappa shape index (κ3) is 7.70. The Bertz CT molecular complexity index is 301. The van der Waals surface area contributed by atoms with Crippen LogP contribution < -0.4 is 10.6 Å². The molecule has 1 aliphatic heterocycles. The summed E-state index contributed by atoms with van der Waals surface area (Å²) in [5, 5.41) is 6.86. The molecule has 0 saturated carbocycles. The number of hydrogen-bond donors (Lipinski definition) is 2. The van der Waals surface area contributed by atoms with E-state index >= 15 is 0 Å². The van der Waals surface area contributed by atoms with Crippen LogP contribution in [0.15, 0.2) is 4.99 Å². The van der Waals surface area contributed by atoms with Gasteiger partial charge in [0.25, 0.3) is 0 Å². The van der Waals surface area contributed by atoms with E-state index in [1.54, 1.807) is 0 Å². The number of nitrogens with zero attached hydrogens (tertiary/aromatic N) is 2. The largest absolute Gasteiger partial charge is 0.356 e. The van der Waals surface area contributed by atoms with Gasteiger partial charge in [-0.2, -0.15) is 0 Å². The smallest absolute Gasteiger partial charge is 0.191 e. The molecule has 2 atom stereocenters. The Morgan fingerprint density at radius 1 is 1.29 bits per heavy atom. The first-order valence-electron chi connectivity index (χ1n) is 8.72. The predicted octanol–water partition coefficient (Wildman–Crippen LogP) is 2.71. The topological polar surface area (TPSA) is 39.7 Å². The lowest BCUT2D eigenvalue weighted by atomic mass is 10.0. The Morgan fingerprint density at radius 2 is 2.05 bits per heavy atom. The van der Waals surface area contributed by atoms with Gasteiger partial charge in [-0.3, -0.25) is 4.99 Å². The van der Waals surface area contributed by atoms with Crippen molar-refractivity contribution in [2.24, 2.45) is 16.8 Å². The first-order valence-corrected chi connectivity index (χ1v) is 8.72. The Hall–Kier alpha value is -0.770. The zero-order chi connectivity index (χ0) is 15.7. The summed E-state index contributed by atoms with van der Waals surface area (Å²) in [7, 11) is 1.84. The standard InChI is InChI=1S/C17H36N4/c1-14(2)16(4)20-17(18-5)19-10-6-7-11-21-12-8-9-15(3)13-21/h14-16H,6-13H2,1-5H3,(H2,18,19,20). The molecule has 1 fully saturated rings. The van der Waals surface area contributed by atoms with Crippen molar-refractivity contribution in [2.45, 2.75) is 59.4 Å². The summed E-state index contributed by atoms with van der Waals surface area (Å²) in [5.74, 6) is 2.44. The summed E-state index contributed by atoms with van der Waals surface area (Å²) in [6, 6.07) is 0.450. The highest BCUT2D eigenvalue weighted by atomic mass is 15.2. The number of unbranched alkanes of at least 4 members (excludes halogenated alkanes) is 1. The molecule has 21 heavy (non-hydrogen) atoms. The minimum atomic E-state index is 0.450. The molecule has 2 N–H and O–H groups in total. The van der Waals surface area contributed by atoms with Crippen LogP contribution in [0.5, 0.6) is 0 Å². The highest BCUT2D eigenvalue weighted by Crippen LogP contribution is 2.15. The van der Waals surface area contributed by atoms with Crippen LogP contribution in [0.4, 0.5) is 0 Å². The van der Waals surface area contributed by atoms with E-state index in [1.807, 2.05) is 7.05 Å². The van der Waals surface area contributed by atoms with Crippen LogP contribution in [0.1, 0.15) is 53.4 Å². The van der Waals surface area contributed by atoms with Gasteiger partial charge in [0.05, 0.1) is 0 Å². The van der Waals surface area contributed by atoms with Gasteiger partial charge in [0.1, 0.15) is 0 Å². The van der Waals surface area contributed by atoms with Gasteiger partial charge in [0.2, 0.25) is 0 Å². The van der Waals surface area contributed by atoms with Crippen molar-refractivity contribution in [2.75, 3.05) is 33.2 Å². The van der Waals surface area contributed by atoms with E-state index < -0.39 is 0 Å². The third-order valence-corrected chi connectivity index (χ3v) is 4.52. The summed E-state index contributed by atoms with van der Waals surface area (Å²) in [4.78, 5) is 6.92. The molecule has 2 unspecified atom stereocenters. The fourth-order valence-electron chi connectivity index (χ4n) is 2.73. The molecule has 1 rings (SSSR count). The lowest BCUT2D eigenvalue weighted by Gasteiger charge is -2.30. The molecular formula is C17H36N4. The monoisotopic (exact) mass is 296 g/mol. The predicted molar refractivity (Wildman–Crippen MR) is 92.9 cm³/mol. The number of hydrogen-bond acceptors (Lipinski definition) is 2. The molecule has 0 radical (unpaired) electrons. The normalized spacial score (nSPS) is 22.4. The van der Waals surface area contributed by atoms with E-state index in [4.69, 9.17) is 0 Å². The highest BCUT2D eigenvalue weighted by molar-refractivity contribution is 5.79. The van der Waals surface area contributed by atoms with Gasteiger partial charge in [-0.15, -0.1) is 0 Å². The molecule has 0 aromatic heterocycles. The van der Waals surface area contributed by atoms with Crippen LogP contribution >= 0.6 is 0 Å². The fourth-order valence-corrected chi connectivity index (χ4v) is 2.73. The lowest BCUT2D eigenvalue weighted by Crippen LogP contribution is -2.44. The molecular weight excluding hydrogens is 260 g/mol. The van der Waals surface area contributed by atoms with Gasteiger partial charge in [0.15, 0.2) is 5.96 Å². The van der Waals surface area contributed by atoms with Gasteiger partial charge in [-0.1, -0.05) is 20.8 Å². The van der Waals surface area contributed by atoms with Crippen LogP contribution in [0.25, 0.3) is 0 Å². The second kappa shape index (κ2) is 10.0. The number of rotatable bonds is 7. The minimum absolute atomic E-state index is 0.450. The molecule has 0 spiro atoms. The van der Waals surface area contributed by atoms with Crippen molar-refractivity contribution < 1.29 is 0 Å². The maximum absolute atomic E-state index is 4.29. The molecule has 0 bridgehead atoms. The van der Waals surface area contributed by atoms with E-state index in [0.29, 0.717) is 12.0 Å². The molecule has 0 aromatic rings. The van der Waals surface area contributed by atoms with E-state index in [2.05, 4.69) is 48.2 Å². The molecule has 1 saturated heterocycles. The van der Waals surface area contributed by atoms with Crippen LogP contribution in [0.2, 0.25) is 0 Å². The van der Waals surface area contributed by atoms with Crippen molar-refractivity contribution >= 4 is 5.96 Å². The molecule has 1 aliphatic rings. The Balaban J connectivity index is 2.09. The van der Waals surface area contributed by atoms with Crippen LogP contribution in [0, 0.1) is 11.8 Å². The second-order valence-corrected chi connectivity index (χ2v) is 6.93. The second-order valence-electron chi connectivity index (χ2n) is 6.93. The van der Waals surface area contributed by atoms with E-state index in [-0.39, 0.29) is 0 Å². The fraction of sp³-hybridized carbons (Fsp3) is 0.941. The average molecular weight is 297 g/mol. The molecule has 1 heterocycles. The lowest BCUT2D eigenvalue weighted by molar-refractivity contribution is 0.181. The first kappa shape index (κ1) is 18.3. The number of likely N-dealkylation sites (tertiary alicyclic amines) is 1. The van der Waals surface area contributed by atoms with Crippen molar-refractivity contribution in [1.29, 1.82) is 0 Å². The summed E-state index contributed by atoms with van der Waals surface area (Å²) in [6.45, 7) is 13.9. The van der Waals surface area contributed by atoms with Crippen molar-refractivity contribution in [1.82, 2.24) is 15.5 Å². The molecule has 0 aromatic carbocycles. The molecule has 0 aliphatic carbocycles. The summed E-state index contributed by atoms with van der Waals surface area (Å²) in [5.41, 5.74) is 0. The summed E-state index contributed by atoms with van der Waals surface area (Å²) in [6.07, 6.45) is 5.27. The molecule has 4 nitrogen and oxygen atoms in total. The van der Waals surface area contributed by atoms with E-state index in [1.165, 1.54) is 45.3 Å². The van der Waals surface area contributed by atoms with Gasteiger partial charge in [-0.25, -0.2) is 0 Å². The van der Waals surface area contributed by atoms with E-state index in [9.17, 15) is 0 Å². The van der Waals surface area contributed by atoms with E-state index in [0.717, 1.165) is 18.4 Å². The maximum Gasteiger partial charge on any atom is 0.191 e. The van der Waals surface area contributed by atoms with Crippen molar-refractivity contribution in [3.05, 3.63) is 0 Å². The quantitative estimate of drug-likeness (QED) is 0.431. The average Bonchev–Trinajstić information content (AvgIpc) is 2.45. The molecule has 124 valence electrons. The zero-order valence-electron chi connectivity index (χ0n) is 14.8. The zero-order valence-corrected chi connectivity index (χ0v) is 14.8. The maximum atomic E-state index is 4.29. The van der Waals surface area contributed by atoms with Gasteiger partial charge in [-0.05, 0) is 57.5 Å². The Labute approximate surface area is 131 Å². The first-order chi connectivity index (χ1) is 10.0. The van der Waals surface area contributed by atoms with Crippen molar-refractivity contribution in [3.8, 4) is 0 Å². The van der Waals surface area contributed by atoms with Crippen LogP contribution in [0.3, 0.4) is 0 Å². The molecule has 4 heteroatoms. The summed E-state index contributed by atoms with van der Waals surface area (Å²) >= 11 is 0. The van der Waals surface area contributed by atoms with Gasteiger partial charge in [0, 0.05) is 26.2 Å². The SMILES string of the molecule is CN=C(NCCCCN1CCCC(C)C1)NC(C)C(C)C. The minimum Gasteiger partial charge on any atom is -0.356 e. The number of guanidine groups is 1.